The van der Waals surface area contributed by atoms with E-state index in [0.717, 1.165) is 23.7 Å². The van der Waals surface area contributed by atoms with Gasteiger partial charge in [-0.1, -0.05) is 32.4 Å². The van der Waals surface area contributed by atoms with Crippen LogP contribution in [0.2, 0.25) is 0 Å². The molecule has 120 valence electrons. The van der Waals surface area contributed by atoms with Gasteiger partial charge in [-0.2, -0.15) is 0 Å². The maximum absolute atomic E-state index is 12.2. The molecule has 2 aliphatic rings. The Morgan fingerprint density at radius 1 is 1.32 bits per heavy atom. The van der Waals surface area contributed by atoms with Crippen molar-refractivity contribution in [2.24, 2.45) is 11.8 Å². The smallest absolute Gasteiger partial charge is 0.258 e. The molecule has 2 bridgehead atoms. The van der Waals surface area contributed by atoms with Crippen molar-refractivity contribution < 1.29 is 9.53 Å². The van der Waals surface area contributed by atoms with E-state index in [1.807, 2.05) is 13.0 Å². The Labute approximate surface area is 133 Å². The van der Waals surface area contributed by atoms with E-state index in [9.17, 15) is 4.79 Å². The normalized spacial score (nSPS) is 26.5. The summed E-state index contributed by atoms with van der Waals surface area (Å²) in [6.45, 7) is 6.46. The standard InChI is InChI=1S/C19H27NO2/c1-12(2)16-7-4-13(3)8-18(16)22-11-19(21)20-17-10-14-5-6-15(17)9-14/h4,7-8,12,14-15,17H,5-6,9-11H2,1-3H3,(H,20,21)/t14-,15-,17-/m1/s1. The van der Waals surface area contributed by atoms with Crippen LogP contribution in [-0.2, 0) is 4.79 Å². The Kier molecular flexibility index (Phi) is 4.42. The molecule has 3 rings (SSSR count). The third-order valence-electron chi connectivity index (χ3n) is 5.23. The van der Waals surface area contributed by atoms with Crippen LogP contribution in [0.15, 0.2) is 18.2 Å². The molecular weight excluding hydrogens is 274 g/mol. The fraction of sp³-hybridized carbons (Fsp3) is 0.632. The summed E-state index contributed by atoms with van der Waals surface area (Å²) >= 11 is 0. The van der Waals surface area contributed by atoms with E-state index < -0.39 is 0 Å². The Morgan fingerprint density at radius 2 is 2.14 bits per heavy atom. The second-order valence-corrected chi connectivity index (χ2v) is 7.33. The topological polar surface area (TPSA) is 38.3 Å². The number of benzene rings is 1. The molecule has 3 heteroatoms. The van der Waals surface area contributed by atoms with Gasteiger partial charge in [-0.05, 0) is 61.1 Å². The molecule has 1 aromatic carbocycles. The lowest BCUT2D eigenvalue weighted by atomic mass is 9.95. The summed E-state index contributed by atoms with van der Waals surface area (Å²) in [4.78, 5) is 12.2. The average molecular weight is 301 g/mol. The number of hydrogen-bond donors (Lipinski definition) is 1. The summed E-state index contributed by atoms with van der Waals surface area (Å²) in [5.41, 5.74) is 2.33. The zero-order valence-corrected chi connectivity index (χ0v) is 13.9. The summed E-state index contributed by atoms with van der Waals surface area (Å²) in [5.74, 6) is 2.82. The molecule has 0 aliphatic heterocycles. The van der Waals surface area contributed by atoms with Gasteiger partial charge in [0.05, 0.1) is 0 Å². The van der Waals surface area contributed by atoms with Crippen molar-refractivity contribution in [3.05, 3.63) is 29.3 Å². The van der Waals surface area contributed by atoms with Gasteiger partial charge in [0.15, 0.2) is 6.61 Å². The van der Waals surface area contributed by atoms with Gasteiger partial charge in [0.2, 0.25) is 0 Å². The summed E-state index contributed by atoms with van der Waals surface area (Å²) in [7, 11) is 0. The van der Waals surface area contributed by atoms with Crippen LogP contribution in [0.5, 0.6) is 5.75 Å². The summed E-state index contributed by atoms with van der Waals surface area (Å²) in [6.07, 6.45) is 5.11. The van der Waals surface area contributed by atoms with E-state index >= 15 is 0 Å². The zero-order valence-electron chi connectivity index (χ0n) is 13.9. The third kappa shape index (κ3) is 3.29. The van der Waals surface area contributed by atoms with Crippen molar-refractivity contribution in [2.45, 2.75) is 58.4 Å². The molecule has 2 aliphatic carbocycles. The Morgan fingerprint density at radius 3 is 2.77 bits per heavy atom. The van der Waals surface area contributed by atoms with Gasteiger partial charge < -0.3 is 10.1 Å². The van der Waals surface area contributed by atoms with Gasteiger partial charge in [0, 0.05) is 6.04 Å². The molecule has 3 nitrogen and oxygen atoms in total. The SMILES string of the molecule is Cc1ccc(C(C)C)c(OCC(=O)N[C@@H]2C[C@@H]3CC[C@@H]2C3)c1. The fourth-order valence-electron chi connectivity index (χ4n) is 4.06. The van der Waals surface area contributed by atoms with E-state index in [4.69, 9.17) is 4.74 Å². The van der Waals surface area contributed by atoms with Crippen LogP contribution in [0.4, 0.5) is 0 Å². The highest BCUT2D eigenvalue weighted by atomic mass is 16.5. The molecule has 0 radical (unpaired) electrons. The van der Waals surface area contributed by atoms with Crippen molar-refractivity contribution in [3.63, 3.8) is 0 Å². The van der Waals surface area contributed by atoms with Gasteiger partial charge in [-0.25, -0.2) is 0 Å². The molecule has 1 amide bonds. The first-order chi connectivity index (χ1) is 10.5. The molecule has 1 N–H and O–H groups in total. The van der Waals surface area contributed by atoms with Gasteiger partial charge in [-0.15, -0.1) is 0 Å². The molecular formula is C19H27NO2. The highest BCUT2D eigenvalue weighted by molar-refractivity contribution is 5.78. The Hall–Kier alpha value is -1.51. The minimum absolute atomic E-state index is 0.0220. The predicted molar refractivity (Wildman–Crippen MR) is 88.1 cm³/mol. The largest absolute Gasteiger partial charge is 0.483 e. The molecule has 22 heavy (non-hydrogen) atoms. The van der Waals surface area contributed by atoms with E-state index in [1.165, 1.54) is 24.8 Å². The number of nitrogens with one attached hydrogen (secondary N) is 1. The first kappa shape index (κ1) is 15.4. The first-order valence-corrected chi connectivity index (χ1v) is 8.55. The van der Waals surface area contributed by atoms with E-state index in [1.54, 1.807) is 0 Å². The van der Waals surface area contributed by atoms with Crippen molar-refractivity contribution in [1.82, 2.24) is 5.32 Å². The third-order valence-corrected chi connectivity index (χ3v) is 5.23. The lowest BCUT2D eigenvalue weighted by Crippen LogP contribution is -2.41. The van der Waals surface area contributed by atoms with Gasteiger partial charge in [0.25, 0.3) is 5.91 Å². The van der Waals surface area contributed by atoms with Crippen molar-refractivity contribution in [1.29, 1.82) is 0 Å². The minimum atomic E-state index is 0.0220. The lowest BCUT2D eigenvalue weighted by Gasteiger charge is -2.23. The van der Waals surface area contributed by atoms with E-state index in [2.05, 4.69) is 31.3 Å². The highest BCUT2D eigenvalue weighted by Crippen LogP contribution is 2.44. The number of carbonyl (C=O) groups is 1. The van der Waals surface area contributed by atoms with Crippen molar-refractivity contribution in [2.75, 3.05) is 6.61 Å². The molecule has 0 heterocycles. The van der Waals surface area contributed by atoms with Crippen LogP contribution in [-0.4, -0.2) is 18.6 Å². The number of fused-ring (bicyclic) bond motifs is 2. The van der Waals surface area contributed by atoms with Gasteiger partial charge in [0.1, 0.15) is 5.75 Å². The summed E-state index contributed by atoms with van der Waals surface area (Å²) < 4.78 is 5.82. The second-order valence-electron chi connectivity index (χ2n) is 7.33. The second kappa shape index (κ2) is 6.31. The number of carbonyl (C=O) groups excluding carboxylic acids is 1. The van der Waals surface area contributed by atoms with E-state index in [-0.39, 0.29) is 12.5 Å². The van der Waals surface area contributed by atoms with Crippen LogP contribution in [0, 0.1) is 18.8 Å². The number of amides is 1. The van der Waals surface area contributed by atoms with Crippen LogP contribution in [0.3, 0.4) is 0 Å². The van der Waals surface area contributed by atoms with Gasteiger partial charge in [-0.3, -0.25) is 4.79 Å². The molecule has 0 unspecified atom stereocenters. The number of aryl methyl sites for hydroxylation is 1. The molecule has 2 fully saturated rings. The molecule has 0 spiro atoms. The monoisotopic (exact) mass is 301 g/mol. The first-order valence-electron chi connectivity index (χ1n) is 8.55. The predicted octanol–water partition coefficient (Wildman–Crippen LogP) is 3.80. The Balaban J connectivity index is 1.56. The maximum atomic E-state index is 12.2. The minimum Gasteiger partial charge on any atom is -0.483 e. The van der Waals surface area contributed by atoms with Gasteiger partial charge >= 0.3 is 0 Å². The van der Waals surface area contributed by atoms with Crippen LogP contribution in [0.25, 0.3) is 0 Å². The fourth-order valence-corrected chi connectivity index (χ4v) is 4.06. The number of ether oxygens (including phenoxy) is 1. The highest BCUT2D eigenvalue weighted by Gasteiger charge is 2.40. The van der Waals surface area contributed by atoms with Crippen molar-refractivity contribution in [3.8, 4) is 5.75 Å². The molecule has 2 saturated carbocycles. The summed E-state index contributed by atoms with van der Waals surface area (Å²) in [5, 5.41) is 3.18. The molecule has 0 saturated heterocycles. The molecule has 0 aromatic heterocycles. The van der Waals surface area contributed by atoms with Crippen molar-refractivity contribution >= 4 is 5.91 Å². The van der Waals surface area contributed by atoms with E-state index in [0.29, 0.717) is 17.9 Å². The summed E-state index contributed by atoms with van der Waals surface area (Å²) in [6, 6.07) is 6.61. The quantitative estimate of drug-likeness (QED) is 0.898. The lowest BCUT2D eigenvalue weighted by molar-refractivity contribution is -0.124. The molecule has 3 atom stereocenters. The van der Waals surface area contributed by atoms with Crippen LogP contribution >= 0.6 is 0 Å². The Bertz CT molecular complexity index is 552. The average Bonchev–Trinajstić information content (AvgIpc) is 3.07. The van der Waals surface area contributed by atoms with Crippen LogP contribution < -0.4 is 10.1 Å². The molecule has 1 aromatic rings. The zero-order chi connectivity index (χ0) is 15.7. The number of rotatable bonds is 5. The van der Waals surface area contributed by atoms with Crippen LogP contribution in [0.1, 0.15) is 56.6 Å². The number of hydrogen-bond acceptors (Lipinski definition) is 2. The maximum Gasteiger partial charge on any atom is 0.258 e.